The number of ether oxygens (including phenoxy) is 4. The molecule has 13 heteroatoms. The summed E-state index contributed by atoms with van der Waals surface area (Å²) < 4.78 is 58.4. The van der Waals surface area contributed by atoms with Gasteiger partial charge in [0.05, 0.1) is 0 Å². The Bertz CT molecular complexity index is 658. The highest BCUT2D eigenvalue weighted by Gasteiger charge is 2.53. The molecule has 9 nitrogen and oxygen atoms in total. The van der Waals surface area contributed by atoms with Gasteiger partial charge in [-0.3, -0.25) is 19.4 Å². The average molecular weight is 428 g/mol. The third-order valence-electron chi connectivity index (χ3n) is 3.60. The van der Waals surface area contributed by atoms with Crippen LogP contribution in [-0.4, -0.2) is 72.2 Å². The van der Waals surface area contributed by atoms with Crippen LogP contribution in [0.15, 0.2) is 4.99 Å². The Labute approximate surface area is 162 Å². The summed E-state index contributed by atoms with van der Waals surface area (Å²) in [6.07, 6.45) is -7.74. The summed E-state index contributed by atoms with van der Waals surface area (Å²) in [7, 11) is 0. The van der Waals surface area contributed by atoms with Gasteiger partial charge in [-0.2, -0.15) is 13.2 Å². The maximum atomic E-state index is 12.4. The number of aliphatic imine (C=N–C) groups is 1. The number of alkyl halides is 3. The summed E-state index contributed by atoms with van der Waals surface area (Å²) in [5.74, 6) is -2.02. The molecule has 0 saturated carbocycles. The first-order valence-corrected chi connectivity index (χ1v) is 9.02. The zero-order valence-electron chi connectivity index (χ0n) is 15.1. The summed E-state index contributed by atoms with van der Waals surface area (Å²) in [4.78, 5) is 38.2. The molecule has 0 aromatic carbocycles. The molecule has 28 heavy (non-hydrogen) atoms. The summed E-state index contributed by atoms with van der Waals surface area (Å²) >= 11 is 0.869. The molecule has 1 saturated heterocycles. The predicted molar refractivity (Wildman–Crippen MR) is 89.3 cm³/mol. The number of esters is 3. The lowest BCUT2D eigenvalue weighted by Gasteiger charge is -2.41. The molecule has 0 amide bonds. The van der Waals surface area contributed by atoms with Crippen LogP contribution in [0, 0.1) is 0 Å². The lowest BCUT2D eigenvalue weighted by molar-refractivity contribution is -0.208. The van der Waals surface area contributed by atoms with Crippen LogP contribution in [0.25, 0.3) is 0 Å². The Morgan fingerprint density at radius 1 is 1.11 bits per heavy atom. The van der Waals surface area contributed by atoms with Crippen molar-refractivity contribution in [3.05, 3.63) is 0 Å². The van der Waals surface area contributed by atoms with E-state index in [1.165, 1.54) is 6.92 Å². The summed E-state index contributed by atoms with van der Waals surface area (Å²) in [6.45, 7) is 1.82. The van der Waals surface area contributed by atoms with Gasteiger partial charge < -0.3 is 24.3 Å². The Kier molecular flexibility index (Phi) is 7.15. The van der Waals surface area contributed by atoms with Crippen molar-refractivity contribution in [1.82, 2.24) is 5.32 Å². The van der Waals surface area contributed by atoms with E-state index in [4.69, 9.17) is 18.9 Å². The molecule has 0 radical (unpaired) electrons. The van der Waals surface area contributed by atoms with Crippen LogP contribution in [0.5, 0.6) is 0 Å². The fourth-order valence-electron chi connectivity index (χ4n) is 2.66. The van der Waals surface area contributed by atoms with Crippen LogP contribution >= 0.6 is 11.8 Å². The van der Waals surface area contributed by atoms with E-state index in [-0.39, 0.29) is 11.8 Å². The van der Waals surface area contributed by atoms with E-state index in [0.717, 1.165) is 25.6 Å². The fourth-order valence-corrected chi connectivity index (χ4v) is 3.77. The van der Waals surface area contributed by atoms with Gasteiger partial charge in [0.25, 0.3) is 0 Å². The molecule has 0 aromatic heterocycles. The number of thioether (sulfide) groups is 1. The molecule has 0 aromatic rings. The van der Waals surface area contributed by atoms with Gasteiger partial charge in [0.15, 0.2) is 17.4 Å². The van der Waals surface area contributed by atoms with E-state index >= 15 is 0 Å². The number of carbonyl (C=O) groups excluding carboxylic acids is 3. The highest BCUT2D eigenvalue weighted by molar-refractivity contribution is 8.14. The molecule has 2 rings (SSSR count). The Morgan fingerprint density at radius 2 is 1.71 bits per heavy atom. The van der Waals surface area contributed by atoms with Gasteiger partial charge in [-0.1, -0.05) is 11.8 Å². The second-order valence-corrected chi connectivity index (χ2v) is 7.09. The van der Waals surface area contributed by atoms with Crippen molar-refractivity contribution in [3.63, 3.8) is 0 Å². The van der Waals surface area contributed by atoms with Gasteiger partial charge in [0.1, 0.15) is 30.7 Å². The van der Waals surface area contributed by atoms with Crippen molar-refractivity contribution < 1.29 is 46.5 Å². The van der Waals surface area contributed by atoms with Crippen LogP contribution in [0.4, 0.5) is 13.2 Å². The summed E-state index contributed by atoms with van der Waals surface area (Å²) in [5, 5.41) is 2.09. The maximum Gasteiger partial charge on any atom is 0.405 e. The first-order valence-electron chi connectivity index (χ1n) is 8.14. The van der Waals surface area contributed by atoms with Gasteiger partial charge in [-0.05, 0) is 0 Å². The third-order valence-corrected chi connectivity index (χ3v) is 4.70. The molecular formula is C15H19F3N2O7S. The van der Waals surface area contributed by atoms with E-state index < -0.39 is 60.4 Å². The summed E-state index contributed by atoms with van der Waals surface area (Å²) in [5.41, 5.74) is -0.826. The number of nitrogens with one attached hydrogen (secondary N) is 1. The first kappa shape index (κ1) is 22.3. The number of hydrogen-bond acceptors (Lipinski definition) is 10. The molecule has 1 fully saturated rings. The van der Waals surface area contributed by atoms with Crippen LogP contribution in [0.2, 0.25) is 0 Å². The van der Waals surface area contributed by atoms with Gasteiger partial charge in [0, 0.05) is 20.8 Å². The van der Waals surface area contributed by atoms with Gasteiger partial charge >= 0.3 is 24.1 Å². The third kappa shape index (κ3) is 6.26. The number of rotatable bonds is 5. The normalized spacial score (nSPS) is 29.4. The van der Waals surface area contributed by atoms with E-state index in [1.54, 1.807) is 0 Å². The van der Waals surface area contributed by atoms with E-state index in [9.17, 15) is 27.6 Å². The molecule has 2 aliphatic rings. The molecule has 0 spiro atoms. The molecule has 5 atom stereocenters. The fraction of sp³-hybridized carbons (Fsp3) is 0.733. The second kappa shape index (κ2) is 8.99. The predicted octanol–water partition coefficient (Wildman–Crippen LogP) is 0.761. The quantitative estimate of drug-likeness (QED) is 0.501. The monoisotopic (exact) mass is 428 g/mol. The van der Waals surface area contributed by atoms with Crippen LogP contribution in [0.3, 0.4) is 0 Å². The average Bonchev–Trinajstić information content (AvgIpc) is 2.95. The lowest BCUT2D eigenvalue weighted by Crippen LogP contribution is -2.59. The topological polar surface area (TPSA) is 113 Å². The minimum atomic E-state index is -4.45. The number of nitrogens with zero attached hydrogens (tertiary/aromatic N) is 1. The number of amidine groups is 1. The highest BCUT2D eigenvalue weighted by Crippen LogP contribution is 2.38. The van der Waals surface area contributed by atoms with Crippen LogP contribution < -0.4 is 5.32 Å². The second-order valence-electron chi connectivity index (χ2n) is 6.01. The SMILES string of the molecule is CC(=O)OC[C@H]1OC2SC(NCC(F)(F)F)=NC2[C@@H](OC(C)=O)[C@@H]1OC(C)=O. The van der Waals surface area contributed by atoms with Crippen molar-refractivity contribution in [2.24, 2.45) is 4.99 Å². The number of fused-ring (bicyclic) bond motifs is 1. The Balaban J connectivity index is 2.24. The van der Waals surface area contributed by atoms with Crippen molar-refractivity contribution in [2.75, 3.05) is 13.2 Å². The van der Waals surface area contributed by atoms with Crippen molar-refractivity contribution >= 4 is 34.8 Å². The van der Waals surface area contributed by atoms with Crippen molar-refractivity contribution in [2.45, 2.75) is 56.7 Å². The molecular weight excluding hydrogens is 409 g/mol. The largest absolute Gasteiger partial charge is 0.463 e. The maximum absolute atomic E-state index is 12.4. The smallest absolute Gasteiger partial charge is 0.405 e. The molecule has 2 unspecified atom stereocenters. The van der Waals surface area contributed by atoms with Gasteiger partial charge in [0.2, 0.25) is 0 Å². The standard InChI is InChI=1S/C15H19F3N2O7S/c1-6(21)24-4-9-11(25-7(2)22)12(26-8(3)23)10-13(27-9)28-14(20-10)19-5-15(16,17)18/h9-13H,4-5H2,1-3H3,(H,19,20)/t9-,10?,11-,12-,13?/m1/s1. The molecule has 158 valence electrons. The minimum absolute atomic E-state index is 0.0563. The minimum Gasteiger partial charge on any atom is -0.463 e. The molecule has 2 aliphatic heterocycles. The number of hydrogen-bond donors (Lipinski definition) is 1. The molecule has 1 N–H and O–H groups in total. The number of carbonyl (C=O) groups is 3. The number of halogens is 3. The van der Waals surface area contributed by atoms with E-state index in [1.807, 2.05) is 0 Å². The molecule has 2 heterocycles. The Hall–Kier alpha value is -2.02. The van der Waals surface area contributed by atoms with Gasteiger partial charge in [-0.15, -0.1) is 0 Å². The lowest BCUT2D eigenvalue weighted by atomic mass is 9.98. The van der Waals surface area contributed by atoms with Gasteiger partial charge in [-0.25, -0.2) is 0 Å². The van der Waals surface area contributed by atoms with Crippen LogP contribution in [0.1, 0.15) is 20.8 Å². The van der Waals surface area contributed by atoms with E-state index in [2.05, 4.69) is 10.3 Å². The van der Waals surface area contributed by atoms with E-state index in [0.29, 0.717) is 0 Å². The highest BCUT2D eigenvalue weighted by atomic mass is 32.2. The molecule has 0 bridgehead atoms. The van der Waals surface area contributed by atoms with Crippen molar-refractivity contribution in [3.8, 4) is 0 Å². The van der Waals surface area contributed by atoms with Crippen molar-refractivity contribution in [1.29, 1.82) is 0 Å². The zero-order chi connectivity index (χ0) is 21.1. The zero-order valence-corrected chi connectivity index (χ0v) is 16.0. The first-order chi connectivity index (χ1) is 13.0. The molecule has 0 aliphatic carbocycles. The van der Waals surface area contributed by atoms with Crippen LogP contribution in [-0.2, 0) is 33.3 Å². The Morgan fingerprint density at radius 3 is 2.25 bits per heavy atom. The summed E-state index contributed by atoms with van der Waals surface area (Å²) in [6, 6.07) is -0.914.